The summed E-state index contributed by atoms with van der Waals surface area (Å²) in [7, 11) is -3.72. The molecule has 0 unspecified atom stereocenters. The zero-order chi connectivity index (χ0) is 6.86. The summed E-state index contributed by atoms with van der Waals surface area (Å²) in [4.78, 5) is 17.8. The van der Waals surface area contributed by atoms with E-state index < -0.39 is 7.28 Å². The molecule has 0 bridgehead atoms. The van der Waals surface area contributed by atoms with Crippen molar-refractivity contribution >= 4 is 7.28 Å². The second-order valence-corrected chi connectivity index (χ2v) is 6.08. The summed E-state index contributed by atoms with van der Waals surface area (Å²) in [5, 5.41) is 0. The monoisotopic (exact) mass is 138 g/mol. The molecule has 0 rings (SSSR count). The standard InChI is InChI=1S/C4H11O3P/c1-4-7-8(2,3,5)6/h4-6H,1H2,2-3H3. The minimum absolute atomic E-state index is 1.03. The van der Waals surface area contributed by atoms with Gasteiger partial charge in [0.15, 0.2) is 0 Å². The third-order valence-electron chi connectivity index (χ3n) is 0.380. The second-order valence-electron chi connectivity index (χ2n) is 2.14. The average molecular weight is 138 g/mol. The fraction of sp³-hybridized carbons (Fsp3) is 0.500. The van der Waals surface area contributed by atoms with Crippen LogP contribution in [0.2, 0.25) is 0 Å². The summed E-state index contributed by atoms with van der Waals surface area (Å²) >= 11 is 0. The summed E-state index contributed by atoms with van der Waals surface area (Å²) in [6, 6.07) is 0. The first-order chi connectivity index (χ1) is 3.31. The number of hydrogen-bond acceptors (Lipinski definition) is 3. The molecular formula is C4H11O3P. The van der Waals surface area contributed by atoms with E-state index in [0.717, 1.165) is 6.26 Å². The van der Waals surface area contributed by atoms with Crippen molar-refractivity contribution in [3.8, 4) is 0 Å². The van der Waals surface area contributed by atoms with E-state index in [4.69, 9.17) is 9.79 Å². The van der Waals surface area contributed by atoms with Crippen LogP contribution in [0.25, 0.3) is 0 Å². The first-order valence-corrected chi connectivity index (χ1v) is 5.07. The quantitative estimate of drug-likeness (QED) is 0.436. The first-order valence-electron chi connectivity index (χ1n) is 2.12. The van der Waals surface area contributed by atoms with E-state index >= 15 is 0 Å². The van der Waals surface area contributed by atoms with Gasteiger partial charge < -0.3 is 0 Å². The molecule has 0 aliphatic rings. The Morgan fingerprint density at radius 1 is 1.50 bits per heavy atom. The summed E-state index contributed by atoms with van der Waals surface area (Å²) in [6.45, 7) is 5.67. The van der Waals surface area contributed by atoms with Crippen LogP contribution in [0.1, 0.15) is 0 Å². The zero-order valence-electron chi connectivity index (χ0n) is 5.03. The van der Waals surface area contributed by atoms with E-state index in [0.29, 0.717) is 0 Å². The van der Waals surface area contributed by atoms with E-state index in [-0.39, 0.29) is 0 Å². The number of rotatable bonds is 2. The van der Waals surface area contributed by atoms with Crippen LogP contribution in [-0.4, -0.2) is 23.1 Å². The molecule has 0 aromatic heterocycles. The Labute approximate surface area is 48.8 Å². The van der Waals surface area contributed by atoms with Crippen LogP contribution >= 0.6 is 7.28 Å². The molecule has 0 aromatic rings. The molecule has 0 saturated heterocycles. The Hall–Kier alpha value is -0.110. The molecule has 0 radical (unpaired) electrons. The molecular weight excluding hydrogens is 127 g/mol. The molecule has 0 aromatic carbocycles. The molecule has 4 heteroatoms. The van der Waals surface area contributed by atoms with Crippen molar-refractivity contribution in [3.63, 3.8) is 0 Å². The molecule has 0 aliphatic carbocycles. The van der Waals surface area contributed by atoms with E-state index in [1.807, 2.05) is 0 Å². The van der Waals surface area contributed by atoms with Gasteiger partial charge in [-0.1, -0.05) is 0 Å². The van der Waals surface area contributed by atoms with Crippen LogP contribution in [0.5, 0.6) is 0 Å². The topological polar surface area (TPSA) is 49.7 Å². The average Bonchev–Trinajstić information content (AvgIpc) is 1.25. The third kappa shape index (κ3) is 5.89. The van der Waals surface area contributed by atoms with Gasteiger partial charge >= 0.3 is 47.8 Å². The fourth-order valence-corrected chi connectivity index (χ4v) is 0.647. The normalized spacial score (nSPS) is 16.2. The maximum absolute atomic E-state index is 8.88. The van der Waals surface area contributed by atoms with Gasteiger partial charge in [-0.3, -0.25) is 0 Å². The summed E-state index contributed by atoms with van der Waals surface area (Å²) in [6.07, 6.45) is 1.03. The van der Waals surface area contributed by atoms with E-state index in [2.05, 4.69) is 11.1 Å². The fourth-order valence-electron chi connectivity index (χ4n) is 0.216. The van der Waals surface area contributed by atoms with Gasteiger partial charge in [-0.05, 0) is 0 Å². The number of hydrogen-bond donors (Lipinski definition) is 2. The maximum atomic E-state index is 8.88. The van der Waals surface area contributed by atoms with Gasteiger partial charge in [0.25, 0.3) is 0 Å². The Morgan fingerprint density at radius 2 is 1.88 bits per heavy atom. The van der Waals surface area contributed by atoms with Gasteiger partial charge in [-0.15, -0.1) is 0 Å². The molecule has 0 spiro atoms. The van der Waals surface area contributed by atoms with Crippen LogP contribution in [0.4, 0.5) is 0 Å². The van der Waals surface area contributed by atoms with Gasteiger partial charge in [-0.2, -0.15) is 0 Å². The van der Waals surface area contributed by atoms with Crippen LogP contribution < -0.4 is 0 Å². The van der Waals surface area contributed by atoms with E-state index in [1.165, 1.54) is 13.3 Å². The Bertz CT molecular complexity index is 92.3. The van der Waals surface area contributed by atoms with Crippen molar-refractivity contribution < 1.29 is 14.3 Å². The Kier molecular flexibility index (Phi) is 1.67. The second kappa shape index (κ2) is 1.69. The molecule has 0 amide bonds. The third-order valence-corrected chi connectivity index (χ3v) is 1.14. The van der Waals surface area contributed by atoms with Gasteiger partial charge in [0.05, 0.1) is 0 Å². The minimum atomic E-state index is -3.72. The van der Waals surface area contributed by atoms with Crippen LogP contribution in [0.3, 0.4) is 0 Å². The summed E-state index contributed by atoms with van der Waals surface area (Å²) < 4.78 is 4.42. The summed E-state index contributed by atoms with van der Waals surface area (Å²) in [5.41, 5.74) is 0. The van der Waals surface area contributed by atoms with Crippen molar-refractivity contribution in [2.75, 3.05) is 13.3 Å². The van der Waals surface area contributed by atoms with Crippen LogP contribution in [0.15, 0.2) is 12.8 Å². The van der Waals surface area contributed by atoms with Crippen molar-refractivity contribution in [1.82, 2.24) is 0 Å². The predicted molar refractivity (Wildman–Crippen MR) is 34.5 cm³/mol. The van der Waals surface area contributed by atoms with Crippen molar-refractivity contribution in [2.45, 2.75) is 0 Å². The Morgan fingerprint density at radius 3 is 1.88 bits per heavy atom. The van der Waals surface area contributed by atoms with Gasteiger partial charge in [-0.25, -0.2) is 0 Å². The predicted octanol–water partition coefficient (Wildman–Crippen LogP) is 0.689. The van der Waals surface area contributed by atoms with E-state index in [1.54, 1.807) is 0 Å². The molecule has 0 fully saturated rings. The molecule has 3 nitrogen and oxygen atoms in total. The van der Waals surface area contributed by atoms with Crippen LogP contribution in [-0.2, 0) is 4.52 Å². The van der Waals surface area contributed by atoms with Crippen molar-refractivity contribution in [3.05, 3.63) is 12.8 Å². The molecule has 8 heavy (non-hydrogen) atoms. The zero-order valence-corrected chi connectivity index (χ0v) is 5.93. The molecule has 2 N–H and O–H groups in total. The first kappa shape index (κ1) is 7.89. The molecule has 0 saturated carbocycles. The SMILES string of the molecule is C=COP(C)(C)(O)O. The summed E-state index contributed by atoms with van der Waals surface area (Å²) in [5.74, 6) is 0. The van der Waals surface area contributed by atoms with Gasteiger partial charge in [0.1, 0.15) is 0 Å². The Balaban J connectivity index is 3.91. The molecule has 0 aliphatic heterocycles. The van der Waals surface area contributed by atoms with E-state index in [9.17, 15) is 0 Å². The van der Waals surface area contributed by atoms with Gasteiger partial charge in [0.2, 0.25) is 0 Å². The molecule has 50 valence electrons. The molecule has 0 atom stereocenters. The van der Waals surface area contributed by atoms with Gasteiger partial charge in [0, 0.05) is 0 Å². The van der Waals surface area contributed by atoms with Crippen LogP contribution in [0, 0.1) is 0 Å². The van der Waals surface area contributed by atoms with Crippen molar-refractivity contribution in [1.29, 1.82) is 0 Å². The van der Waals surface area contributed by atoms with Crippen molar-refractivity contribution in [2.24, 2.45) is 0 Å². The molecule has 0 heterocycles.